The minimum atomic E-state index is -0.198. The van der Waals surface area contributed by atoms with Gasteiger partial charge < -0.3 is 22.4 Å². The van der Waals surface area contributed by atoms with Crippen LogP contribution >= 0.6 is 0 Å². The summed E-state index contributed by atoms with van der Waals surface area (Å²) in [7, 11) is 1.64. The van der Waals surface area contributed by atoms with Gasteiger partial charge in [-0.1, -0.05) is 20.3 Å². The maximum Gasteiger partial charge on any atom is 1.00 e. The second kappa shape index (κ2) is 20.8. The van der Waals surface area contributed by atoms with Crippen molar-refractivity contribution in [3.8, 4) is 0 Å². The molecule has 0 aliphatic rings. The van der Waals surface area contributed by atoms with Gasteiger partial charge in [-0.3, -0.25) is 5.43 Å². The number of amides is 2. The van der Waals surface area contributed by atoms with Gasteiger partial charge in [0.15, 0.2) is 0 Å². The van der Waals surface area contributed by atoms with Gasteiger partial charge in [0.05, 0.1) is 0 Å². The normalized spacial score (nSPS) is 8.89. The van der Waals surface area contributed by atoms with Crippen molar-refractivity contribution in [2.24, 2.45) is 0 Å². The second-order valence-electron chi connectivity index (χ2n) is 3.90. The fourth-order valence-corrected chi connectivity index (χ4v) is 0.916. The first kappa shape index (κ1) is 24.5. The molecule has 0 rings (SSSR count). The molecule has 0 saturated heterocycles. The van der Waals surface area contributed by atoms with E-state index in [1.54, 1.807) is 7.05 Å². The van der Waals surface area contributed by atoms with E-state index in [9.17, 15) is 9.59 Å². The van der Waals surface area contributed by atoms with Crippen LogP contribution in [0.4, 0.5) is 4.79 Å². The summed E-state index contributed by atoms with van der Waals surface area (Å²) in [6.45, 7) is 9.25. The molecule has 0 heterocycles. The third-order valence-electron chi connectivity index (χ3n) is 1.77. The van der Waals surface area contributed by atoms with Crippen LogP contribution in [0.25, 0.3) is 0 Å². The third kappa shape index (κ3) is 27.6. The zero-order valence-electron chi connectivity index (χ0n) is 12.7. The van der Waals surface area contributed by atoms with Crippen LogP contribution in [-0.4, -0.2) is 38.5 Å². The summed E-state index contributed by atoms with van der Waals surface area (Å²) in [4.78, 5) is 20.4. The third-order valence-corrected chi connectivity index (χ3v) is 1.77. The number of rotatable bonds is 8. The minimum absolute atomic E-state index is 0. The van der Waals surface area contributed by atoms with E-state index in [1.807, 2.05) is 0 Å². The van der Waals surface area contributed by atoms with Crippen molar-refractivity contribution in [1.82, 2.24) is 21.5 Å². The topological polar surface area (TPSA) is 82.3 Å². The molecule has 0 aromatic rings. The Labute approximate surface area is 159 Å². The molecule has 7 heteroatoms. The smallest absolute Gasteiger partial charge is 0.343 e. The standard InChI is InChI=1S/C6H14N3O.C6H13NO.K/c1-3-4-5-8-6(10)9-7-2;1-6(2)7-4-3-5-8;/h7H,1,3-5H2,2H3,(H2,8,9,10);5-7H,3-4H2,1-2H3;/q-1;;+1. The van der Waals surface area contributed by atoms with E-state index in [-0.39, 0.29) is 57.4 Å². The van der Waals surface area contributed by atoms with E-state index in [4.69, 9.17) is 0 Å². The number of aldehydes is 1. The molecular weight excluding hydrogens is 271 g/mol. The van der Waals surface area contributed by atoms with Gasteiger partial charge in [0, 0.05) is 32.6 Å². The number of carbonyl (C=O) groups is 2. The van der Waals surface area contributed by atoms with Crippen LogP contribution in [0.3, 0.4) is 0 Å². The first-order valence-electron chi connectivity index (χ1n) is 6.25. The van der Waals surface area contributed by atoms with Gasteiger partial charge in [-0.15, -0.1) is 0 Å². The zero-order valence-corrected chi connectivity index (χ0v) is 15.8. The van der Waals surface area contributed by atoms with Crippen molar-refractivity contribution in [2.45, 2.75) is 39.2 Å². The molecule has 2 amide bonds. The second-order valence-corrected chi connectivity index (χ2v) is 3.90. The maximum atomic E-state index is 10.6. The average Bonchev–Trinajstić information content (AvgIpc) is 2.30. The summed E-state index contributed by atoms with van der Waals surface area (Å²) < 4.78 is 0. The van der Waals surface area contributed by atoms with Crippen LogP contribution in [0.1, 0.15) is 33.1 Å². The van der Waals surface area contributed by atoms with Crippen LogP contribution in [0.2, 0.25) is 0 Å². The molecule has 0 unspecified atom stereocenters. The van der Waals surface area contributed by atoms with E-state index >= 15 is 0 Å². The molecule has 0 bridgehead atoms. The molecular formula is C12H27KN4O2. The van der Waals surface area contributed by atoms with Gasteiger partial charge in [-0.2, -0.15) is 6.42 Å². The molecule has 0 fully saturated rings. The molecule has 0 radical (unpaired) electrons. The van der Waals surface area contributed by atoms with Crippen LogP contribution < -0.4 is 72.9 Å². The number of unbranched alkanes of at least 4 members (excludes halogenated alkanes) is 1. The van der Waals surface area contributed by atoms with Crippen LogP contribution in [0, 0.1) is 6.92 Å². The summed E-state index contributed by atoms with van der Waals surface area (Å²) >= 11 is 0. The summed E-state index contributed by atoms with van der Waals surface area (Å²) in [5, 5.41) is 5.75. The molecule has 0 aliphatic heterocycles. The summed E-state index contributed by atoms with van der Waals surface area (Å²) in [6.07, 6.45) is 3.31. The van der Waals surface area contributed by atoms with E-state index in [0.29, 0.717) is 19.0 Å². The Kier molecular flexibility index (Phi) is 26.8. The zero-order chi connectivity index (χ0) is 14.2. The Morgan fingerprint density at radius 3 is 2.37 bits per heavy atom. The minimum Gasteiger partial charge on any atom is -0.343 e. The predicted octanol–water partition coefficient (Wildman–Crippen LogP) is -2.39. The Morgan fingerprint density at radius 1 is 1.32 bits per heavy atom. The summed E-state index contributed by atoms with van der Waals surface area (Å²) in [5.41, 5.74) is 4.90. The number of hydrogen-bond acceptors (Lipinski definition) is 4. The van der Waals surface area contributed by atoms with E-state index in [0.717, 1.165) is 25.7 Å². The first-order valence-corrected chi connectivity index (χ1v) is 6.25. The molecule has 0 saturated carbocycles. The molecule has 4 N–H and O–H groups in total. The maximum absolute atomic E-state index is 10.6. The van der Waals surface area contributed by atoms with Crippen molar-refractivity contribution in [3.05, 3.63) is 6.92 Å². The first-order chi connectivity index (χ1) is 8.58. The Morgan fingerprint density at radius 2 is 1.95 bits per heavy atom. The van der Waals surface area contributed by atoms with Crippen molar-refractivity contribution < 1.29 is 61.0 Å². The van der Waals surface area contributed by atoms with Crippen LogP contribution in [0.5, 0.6) is 0 Å². The van der Waals surface area contributed by atoms with Gasteiger partial charge in [0.1, 0.15) is 6.29 Å². The van der Waals surface area contributed by atoms with Gasteiger partial charge in [-0.05, 0) is 0 Å². The van der Waals surface area contributed by atoms with Crippen molar-refractivity contribution in [2.75, 3.05) is 20.1 Å². The Hall–Kier alpha value is 0.496. The van der Waals surface area contributed by atoms with Crippen LogP contribution in [0.15, 0.2) is 0 Å². The predicted molar refractivity (Wildman–Crippen MR) is 74.0 cm³/mol. The largest absolute Gasteiger partial charge is 1.00 e. The molecule has 108 valence electrons. The van der Waals surface area contributed by atoms with Crippen molar-refractivity contribution >= 4 is 12.3 Å². The SMILES string of the molecule is CC(C)NCCC=O.[CH2-]CCCNC(=O)NNC.[K+]. The molecule has 6 nitrogen and oxygen atoms in total. The Balaban J connectivity index is -0.000000262. The summed E-state index contributed by atoms with van der Waals surface area (Å²) in [6, 6.07) is 0.297. The van der Waals surface area contributed by atoms with Gasteiger partial charge in [0.2, 0.25) is 0 Å². The van der Waals surface area contributed by atoms with Crippen molar-refractivity contribution in [3.63, 3.8) is 0 Å². The van der Waals surface area contributed by atoms with Gasteiger partial charge in [0.25, 0.3) is 0 Å². The fourth-order valence-electron chi connectivity index (χ4n) is 0.916. The quantitative estimate of drug-likeness (QED) is 0.133. The van der Waals surface area contributed by atoms with Crippen LogP contribution in [-0.2, 0) is 4.79 Å². The van der Waals surface area contributed by atoms with Gasteiger partial charge >= 0.3 is 57.4 Å². The monoisotopic (exact) mass is 298 g/mol. The van der Waals surface area contributed by atoms with E-state index < -0.39 is 0 Å². The number of nitrogens with one attached hydrogen (secondary N) is 4. The van der Waals surface area contributed by atoms with E-state index in [1.165, 1.54) is 0 Å². The van der Waals surface area contributed by atoms with Crippen molar-refractivity contribution in [1.29, 1.82) is 0 Å². The summed E-state index contributed by atoms with van der Waals surface area (Å²) in [5.74, 6) is 0. The fraction of sp³-hybridized carbons (Fsp3) is 0.750. The molecule has 0 spiro atoms. The Bertz CT molecular complexity index is 204. The molecule has 19 heavy (non-hydrogen) atoms. The average molecular weight is 298 g/mol. The number of urea groups is 1. The number of hydrazine groups is 1. The molecule has 0 aromatic carbocycles. The van der Waals surface area contributed by atoms with E-state index in [2.05, 4.69) is 42.3 Å². The molecule has 0 aromatic heterocycles. The number of carbonyl (C=O) groups excluding carboxylic acids is 2. The molecule has 0 aliphatic carbocycles. The molecule has 0 atom stereocenters. The van der Waals surface area contributed by atoms with Gasteiger partial charge in [-0.25, -0.2) is 10.2 Å². The number of hydrogen-bond donors (Lipinski definition) is 4.